The predicted octanol–water partition coefficient (Wildman–Crippen LogP) is 1.99. The number of nitrogens with zero attached hydrogens (tertiary/aromatic N) is 2. The maximum Gasteiger partial charge on any atom is 0.330 e. The third-order valence-electron chi connectivity index (χ3n) is 4.05. The van der Waals surface area contributed by atoms with Crippen molar-refractivity contribution in [3.05, 3.63) is 45.0 Å². The maximum absolute atomic E-state index is 12.9. The molecule has 2 heterocycles. The number of nitrogens with two attached hydrogens (primary N) is 1. The van der Waals surface area contributed by atoms with Gasteiger partial charge in [0.25, 0.3) is 5.56 Å². The number of rotatable bonds is 8. The molecule has 0 radical (unpaired) electrons. The minimum Gasteiger partial charge on any atom is -0.469 e. The average Bonchev–Trinajstić information content (AvgIpc) is 3.08. The molecule has 0 atom stereocenters. The van der Waals surface area contributed by atoms with Crippen LogP contribution < -0.4 is 21.9 Å². The van der Waals surface area contributed by atoms with Gasteiger partial charge in [-0.15, -0.1) is 0 Å². The molecule has 0 bridgehead atoms. The summed E-state index contributed by atoms with van der Waals surface area (Å²) in [5, 5.41) is 0. The van der Waals surface area contributed by atoms with Crippen LogP contribution in [0.1, 0.15) is 39.9 Å². The lowest BCUT2D eigenvalue weighted by molar-refractivity contribution is -0.118. The van der Waals surface area contributed by atoms with E-state index in [9.17, 15) is 14.4 Å². The standard InChI is InChI=1S/C19H28N4O4/c1-12(2)10-22(15(24)8-7-14-6-5-9-27-14)16-17(20)23(11-13(3)4)19(26)21-18(16)25/h5-6,9,12-13H,7-8,10-11,20H2,1-4H3,(H,21,25,26). The molecule has 0 aliphatic heterocycles. The third-order valence-corrected chi connectivity index (χ3v) is 4.05. The van der Waals surface area contributed by atoms with Crippen molar-refractivity contribution >= 4 is 17.4 Å². The number of aromatic nitrogens is 2. The molecular formula is C19H28N4O4. The molecule has 2 aromatic heterocycles. The summed E-state index contributed by atoms with van der Waals surface area (Å²) in [7, 11) is 0. The number of anilines is 2. The summed E-state index contributed by atoms with van der Waals surface area (Å²) in [6.07, 6.45) is 2.14. The molecule has 0 saturated carbocycles. The van der Waals surface area contributed by atoms with Crippen LogP contribution in [0, 0.1) is 11.8 Å². The summed E-state index contributed by atoms with van der Waals surface area (Å²) >= 11 is 0. The summed E-state index contributed by atoms with van der Waals surface area (Å²) in [5.41, 5.74) is 4.99. The molecule has 0 aromatic carbocycles. The Morgan fingerprint density at radius 1 is 1.26 bits per heavy atom. The Labute approximate surface area is 158 Å². The molecule has 8 heteroatoms. The Morgan fingerprint density at radius 3 is 2.52 bits per heavy atom. The van der Waals surface area contributed by atoms with Crippen molar-refractivity contribution in [1.29, 1.82) is 0 Å². The number of hydrogen-bond acceptors (Lipinski definition) is 5. The van der Waals surface area contributed by atoms with Crippen molar-refractivity contribution in [3.63, 3.8) is 0 Å². The minimum atomic E-state index is -0.649. The Morgan fingerprint density at radius 2 is 1.96 bits per heavy atom. The Balaban J connectivity index is 2.41. The van der Waals surface area contributed by atoms with Gasteiger partial charge in [-0.2, -0.15) is 0 Å². The molecule has 0 aliphatic rings. The van der Waals surface area contributed by atoms with Crippen molar-refractivity contribution in [2.45, 2.75) is 47.1 Å². The third kappa shape index (κ3) is 5.12. The summed E-state index contributed by atoms with van der Waals surface area (Å²) in [6, 6.07) is 3.56. The highest BCUT2D eigenvalue weighted by molar-refractivity contribution is 5.95. The second kappa shape index (κ2) is 8.75. The number of carbonyl (C=O) groups is 1. The first-order valence-corrected chi connectivity index (χ1v) is 9.16. The molecular weight excluding hydrogens is 348 g/mol. The van der Waals surface area contributed by atoms with Gasteiger partial charge in [-0.25, -0.2) is 4.79 Å². The normalized spacial score (nSPS) is 11.3. The Kier molecular flexibility index (Phi) is 6.65. The first-order chi connectivity index (χ1) is 12.7. The molecule has 3 N–H and O–H groups in total. The minimum absolute atomic E-state index is 0.0180. The Hall–Kier alpha value is -2.77. The van der Waals surface area contributed by atoms with Crippen LogP contribution in [0.2, 0.25) is 0 Å². The average molecular weight is 376 g/mol. The lowest BCUT2D eigenvalue weighted by Crippen LogP contribution is -2.43. The van der Waals surface area contributed by atoms with Crippen LogP contribution in [0.3, 0.4) is 0 Å². The lowest BCUT2D eigenvalue weighted by Gasteiger charge is -2.26. The molecule has 0 spiro atoms. The number of amides is 1. The van der Waals surface area contributed by atoms with Gasteiger partial charge < -0.3 is 15.1 Å². The summed E-state index contributed by atoms with van der Waals surface area (Å²) in [4.78, 5) is 41.2. The monoisotopic (exact) mass is 376 g/mol. The Bertz CT molecular complexity index is 878. The highest BCUT2D eigenvalue weighted by Crippen LogP contribution is 2.20. The molecule has 2 rings (SSSR count). The number of aryl methyl sites for hydroxylation is 1. The lowest BCUT2D eigenvalue weighted by atomic mass is 10.1. The zero-order valence-corrected chi connectivity index (χ0v) is 16.3. The van der Waals surface area contributed by atoms with Crippen LogP contribution >= 0.6 is 0 Å². The number of hydrogen-bond donors (Lipinski definition) is 2. The summed E-state index contributed by atoms with van der Waals surface area (Å²) in [6.45, 7) is 8.45. The van der Waals surface area contributed by atoms with E-state index in [0.717, 1.165) is 0 Å². The molecule has 27 heavy (non-hydrogen) atoms. The van der Waals surface area contributed by atoms with Crippen molar-refractivity contribution in [2.75, 3.05) is 17.2 Å². The fourth-order valence-corrected chi connectivity index (χ4v) is 2.89. The van der Waals surface area contributed by atoms with E-state index in [1.807, 2.05) is 27.7 Å². The topological polar surface area (TPSA) is 114 Å². The van der Waals surface area contributed by atoms with E-state index >= 15 is 0 Å². The van der Waals surface area contributed by atoms with Gasteiger partial charge in [-0.05, 0) is 24.0 Å². The van der Waals surface area contributed by atoms with Crippen LogP contribution in [0.4, 0.5) is 11.5 Å². The number of nitrogen functional groups attached to an aromatic ring is 1. The van der Waals surface area contributed by atoms with E-state index in [2.05, 4.69) is 4.98 Å². The molecule has 0 saturated heterocycles. The smallest absolute Gasteiger partial charge is 0.330 e. The van der Waals surface area contributed by atoms with E-state index in [0.29, 0.717) is 25.3 Å². The van der Waals surface area contributed by atoms with E-state index in [1.54, 1.807) is 18.4 Å². The van der Waals surface area contributed by atoms with E-state index in [4.69, 9.17) is 10.2 Å². The zero-order valence-electron chi connectivity index (χ0n) is 16.3. The number of H-pyrrole nitrogens is 1. The first kappa shape index (κ1) is 20.5. The van der Waals surface area contributed by atoms with Gasteiger partial charge in [-0.1, -0.05) is 27.7 Å². The number of nitrogens with one attached hydrogen (secondary N) is 1. The number of furan rings is 1. The van der Waals surface area contributed by atoms with Crippen LogP contribution in [0.15, 0.2) is 32.4 Å². The molecule has 0 fully saturated rings. The van der Waals surface area contributed by atoms with Gasteiger partial charge in [0.05, 0.1) is 6.26 Å². The molecule has 0 aliphatic carbocycles. The van der Waals surface area contributed by atoms with Gasteiger partial charge in [0, 0.05) is 25.9 Å². The van der Waals surface area contributed by atoms with Crippen LogP contribution in [0.5, 0.6) is 0 Å². The zero-order chi connectivity index (χ0) is 20.1. The van der Waals surface area contributed by atoms with Crippen molar-refractivity contribution in [2.24, 2.45) is 11.8 Å². The highest BCUT2D eigenvalue weighted by atomic mass is 16.3. The SMILES string of the molecule is CC(C)CN(C(=O)CCc1ccco1)c1c(N)n(CC(C)C)c(=O)[nH]c1=O. The fourth-order valence-electron chi connectivity index (χ4n) is 2.89. The summed E-state index contributed by atoms with van der Waals surface area (Å²) < 4.78 is 6.58. The van der Waals surface area contributed by atoms with E-state index in [1.165, 1.54) is 9.47 Å². The van der Waals surface area contributed by atoms with Crippen LogP contribution in [-0.4, -0.2) is 22.0 Å². The van der Waals surface area contributed by atoms with Gasteiger partial charge >= 0.3 is 5.69 Å². The van der Waals surface area contributed by atoms with Gasteiger partial charge in [-0.3, -0.25) is 19.1 Å². The maximum atomic E-state index is 12.9. The van der Waals surface area contributed by atoms with Gasteiger partial charge in [0.15, 0.2) is 5.69 Å². The predicted molar refractivity (Wildman–Crippen MR) is 105 cm³/mol. The van der Waals surface area contributed by atoms with Crippen molar-refractivity contribution < 1.29 is 9.21 Å². The summed E-state index contributed by atoms with van der Waals surface area (Å²) in [5.74, 6) is 0.731. The largest absolute Gasteiger partial charge is 0.469 e. The number of carbonyl (C=O) groups excluding carboxylic acids is 1. The fraction of sp³-hybridized carbons (Fsp3) is 0.526. The second-order valence-corrected chi connectivity index (χ2v) is 7.48. The molecule has 2 aromatic rings. The van der Waals surface area contributed by atoms with Crippen LogP contribution in [-0.2, 0) is 17.8 Å². The van der Waals surface area contributed by atoms with Crippen molar-refractivity contribution in [1.82, 2.24) is 9.55 Å². The van der Waals surface area contributed by atoms with Crippen LogP contribution in [0.25, 0.3) is 0 Å². The van der Waals surface area contributed by atoms with E-state index in [-0.39, 0.29) is 35.7 Å². The molecule has 0 unspecified atom stereocenters. The molecule has 1 amide bonds. The quantitative estimate of drug-likeness (QED) is 0.731. The van der Waals surface area contributed by atoms with Gasteiger partial charge in [0.2, 0.25) is 5.91 Å². The van der Waals surface area contributed by atoms with Crippen molar-refractivity contribution in [3.8, 4) is 0 Å². The first-order valence-electron chi connectivity index (χ1n) is 9.16. The number of aromatic amines is 1. The van der Waals surface area contributed by atoms with Gasteiger partial charge in [0.1, 0.15) is 11.6 Å². The van der Waals surface area contributed by atoms with E-state index < -0.39 is 11.2 Å². The molecule has 148 valence electrons. The second-order valence-electron chi connectivity index (χ2n) is 7.48. The highest BCUT2D eigenvalue weighted by Gasteiger charge is 2.25. The molecule has 8 nitrogen and oxygen atoms in total.